The van der Waals surface area contributed by atoms with Gasteiger partial charge in [-0.25, -0.2) is 4.39 Å². The summed E-state index contributed by atoms with van der Waals surface area (Å²) in [6, 6.07) is 3.42. The lowest BCUT2D eigenvalue weighted by Gasteiger charge is -2.24. The number of nitrogens with one attached hydrogen (secondary N) is 1. The van der Waals surface area contributed by atoms with Gasteiger partial charge in [0.1, 0.15) is 5.82 Å². The molecule has 1 nitrogen and oxygen atoms in total. The summed E-state index contributed by atoms with van der Waals surface area (Å²) in [6.45, 7) is 3.03. The Bertz CT molecular complexity index is 338. The van der Waals surface area contributed by atoms with Gasteiger partial charge in [0.15, 0.2) is 0 Å². The van der Waals surface area contributed by atoms with Gasteiger partial charge in [-0.3, -0.25) is 0 Å². The van der Waals surface area contributed by atoms with Crippen molar-refractivity contribution in [2.75, 3.05) is 6.54 Å². The lowest BCUT2D eigenvalue weighted by atomic mass is 9.95. The molecule has 1 aliphatic heterocycles. The molecule has 0 fully saturated rings. The minimum atomic E-state index is -0.166. The second-order valence-corrected chi connectivity index (χ2v) is 4.24. The summed E-state index contributed by atoms with van der Waals surface area (Å²) < 4.78 is 14.0. The molecule has 0 spiro atoms. The van der Waals surface area contributed by atoms with Crippen LogP contribution in [0, 0.1) is 5.82 Å². The van der Waals surface area contributed by atoms with Gasteiger partial charge in [0, 0.05) is 10.5 Å². The highest BCUT2D eigenvalue weighted by Crippen LogP contribution is 2.29. The van der Waals surface area contributed by atoms with Gasteiger partial charge in [0.25, 0.3) is 0 Å². The fraction of sp³-hybridized carbons (Fsp3) is 0.400. The number of rotatable bonds is 0. The molecule has 0 amide bonds. The van der Waals surface area contributed by atoms with Crippen LogP contribution in [0.25, 0.3) is 0 Å². The normalized spacial score (nSPS) is 21.3. The largest absolute Gasteiger partial charge is 0.310 e. The Morgan fingerprint density at radius 3 is 3.08 bits per heavy atom. The minimum Gasteiger partial charge on any atom is -0.310 e. The van der Waals surface area contributed by atoms with Gasteiger partial charge in [-0.1, -0.05) is 15.9 Å². The van der Waals surface area contributed by atoms with Crippen molar-refractivity contribution in [3.63, 3.8) is 0 Å². The SMILES string of the molecule is CC1NCCc2c(Br)cc(F)cc21. The van der Waals surface area contributed by atoms with Crippen molar-refractivity contribution >= 4 is 15.9 Å². The maximum atomic E-state index is 13.1. The van der Waals surface area contributed by atoms with E-state index in [1.807, 2.05) is 0 Å². The smallest absolute Gasteiger partial charge is 0.124 e. The molecular weight excluding hydrogens is 233 g/mol. The molecule has 0 saturated carbocycles. The molecule has 3 heteroatoms. The average molecular weight is 244 g/mol. The van der Waals surface area contributed by atoms with Crippen LogP contribution in [0.1, 0.15) is 24.1 Å². The number of fused-ring (bicyclic) bond motifs is 1. The highest BCUT2D eigenvalue weighted by atomic mass is 79.9. The molecule has 0 aliphatic carbocycles. The van der Waals surface area contributed by atoms with Crippen LogP contribution in [-0.4, -0.2) is 6.54 Å². The maximum Gasteiger partial charge on any atom is 0.124 e. The quantitative estimate of drug-likeness (QED) is 0.739. The molecule has 1 aromatic carbocycles. The zero-order valence-corrected chi connectivity index (χ0v) is 8.99. The second-order valence-electron chi connectivity index (χ2n) is 3.38. The third-order valence-corrected chi connectivity index (χ3v) is 3.19. The van der Waals surface area contributed by atoms with Crippen molar-refractivity contribution in [3.8, 4) is 0 Å². The van der Waals surface area contributed by atoms with E-state index in [0.29, 0.717) is 0 Å². The Morgan fingerprint density at radius 1 is 1.54 bits per heavy atom. The molecule has 13 heavy (non-hydrogen) atoms. The van der Waals surface area contributed by atoms with Crippen LogP contribution >= 0.6 is 15.9 Å². The first-order valence-corrected chi connectivity index (χ1v) is 5.19. The molecule has 0 saturated heterocycles. The van der Waals surface area contributed by atoms with Gasteiger partial charge in [0.05, 0.1) is 0 Å². The summed E-state index contributed by atoms with van der Waals surface area (Å²) in [5, 5.41) is 3.31. The molecule has 70 valence electrons. The molecule has 1 N–H and O–H groups in total. The van der Waals surface area contributed by atoms with E-state index in [2.05, 4.69) is 28.2 Å². The van der Waals surface area contributed by atoms with Crippen molar-refractivity contribution in [2.45, 2.75) is 19.4 Å². The Labute approximate surface area is 85.5 Å². The van der Waals surface area contributed by atoms with Crippen LogP contribution < -0.4 is 5.32 Å². The average Bonchev–Trinajstić information content (AvgIpc) is 2.07. The van der Waals surface area contributed by atoms with Crippen LogP contribution in [0.4, 0.5) is 4.39 Å². The lowest BCUT2D eigenvalue weighted by molar-refractivity contribution is 0.530. The summed E-state index contributed by atoms with van der Waals surface area (Å²) in [5.41, 5.74) is 2.32. The zero-order valence-electron chi connectivity index (χ0n) is 7.40. The summed E-state index contributed by atoms with van der Waals surface area (Å²) in [7, 11) is 0. The number of benzene rings is 1. The molecule has 1 aliphatic rings. The highest BCUT2D eigenvalue weighted by Gasteiger charge is 2.18. The van der Waals surface area contributed by atoms with Gasteiger partial charge >= 0.3 is 0 Å². The Kier molecular flexibility index (Phi) is 2.39. The van der Waals surface area contributed by atoms with Gasteiger partial charge < -0.3 is 5.32 Å². The number of hydrogen-bond donors (Lipinski definition) is 1. The Balaban J connectivity index is 2.56. The highest BCUT2D eigenvalue weighted by molar-refractivity contribution is 9.10. The van der Waals surface area contributed by atoms with Crippen molar-refractivity contribution in [2.24, 2.45) is 0 Å². The molecule has 1 unspecified atom stereocenters. The van der Waals surface area contributed by atoms with E-state index in [-0.39, 0.29) is 11.9 Å². The molecule has 1 aromatic rings. The lowest BCUT2D eigenvalue weighted by Crippen LogP contribution is -2.28. The van der Waals surface area contributed by atoms with E-state index in [1.165, 1.54) is 11.6 Å². The molecule has 1 heterocycles. The molecule has 1 atom stereocenters. The predicted molar refractivity (Wildman–Crippen MR) is 54.2 cm³/mol. The van der Waals surface area contributed by atoms with Crippen molar-refractivity contribution in [1.82, 2.24) is 5.32 Å². The molecule has 0 aromatic heterocycles. The minimum absolute atomic E-state index is 0.166. The van der Waals surface area contributed by atoms with Crippen molar-refractivity contribution in [3.05, 3.63) is 33.5 Å². The summed E-state index contributed by atoms with van der Waals surface area (Å²) in [4.78, 5) is 0. The van der Waals surface area contributed by atoms with Crippen LogP contribution in [0.15, 0.2) is 16.6 Å². The Morgan fingerprint density at radius 2 is 2.31 bits per heavy atom. The summed E-state index contributed by atoms with van der Waals surface area (Å²) >= 11 is 3.39. The van der Waals surface area contributed by atoms with Crippen LogP contribution in [0.3, 0.4) is 0 Å². The van der Waals surface area contributed by atoms with Gasteiger partial charge in [-0.05, 0) is 43.1 Å². The topological polar surface area (TPSA) is 12.0 Å². The first kappa shape index (κ1) is 9.16. The van der Waals surface area contributed by atoms with E-state index in [9.17, 15) is 4.39 Å². The van der Waals surface area contributed by atoms with Crippen LogP contribution in [-0.2, 0) is 6.42 Å². The molecule has 0 radical (unpaired) electrons. The number of hydrogen-bond acceptors (Lipinski definition) is 1. The van der Waals surface area contributed by atoms with Crippen molar-refractivity contribution < 1.29 is 4.39 Å². The van der Waals surface area contributed by atoms with Crippen molar-refractivity contribution in [1.29, 1.82) is 0 Å². The predicted octanol–water partition coefficient (Wildman–Crippen LogP) is 2.79. The monoisotopic (exact) mass is 243 g/mol. The molecule has 0 bridgehead atoms. The third-order valence-electron chi connectivity index (χ3n) is 2.49. The number of halogens is 2. The standard InChI is InChI=1S/C10H11BrFN/c1-6-9-4-7(12)5-10(11)8(9)2-3-13-6/h4-6,13H,2-3H2,1H3. The van der Waals surface area contributed by atoms with Crippen LogP contribution in [0.2, 0.25) is 0 Å². The summed E-state index contributed by atoms with van der Waals surface area (Å²) in [6.07, 6.45) is 0.973. The molecular formula is C10H11BrFN. The first-order valence-electron chi connectivity index (χ1n) is 4.39. The van der Waals surface area contributed by atoms with E-state index in [1.54, 1.807) is 6.07 Å². The fourth-order valence-electron chi connectivity index (χ4n) is 1.80. The van der Waals surface area contributed by atoms with E-state index < -0.39 is 0 Å². The fourth-order valence-corrected chi connectivity index (χ4v) is 2.44. The zero-order chi connectivity index (χ0) is 9.42. The van der Waals surface area contributed by atoms with E-state index in [0.717, 1.165) is 23.0 Å². The Hall–Kier alpha value is -0.410. The molecule has 2 rings (SSSR count). The van der Waals surface area contributed by atoms with E-state index >= 15 is 0 Å². The third kappa shape index (κ3) is 1.63. The second kappa shape index (κ2) is 3.39. The van der Waals surface area contributed by atoms with E-state index in [4.69, 9.17) is 0 Å². The van der Waals surface area contributed by atoms with Gasteiger partial charge in [-0.15, -0.1) is 0 Å². The van der Waals surface area contributed by atoms with Gasteiger partial charge in [0.2, 0.25) is 0 Å². The summed E-state index contributed by atoms with van der Waals surface area (Å²) in [5.74, 6) is -0.166. The maximum absolute atomic E-state index is 13.1. The first-order chi connectivity index (χ1) is 6.18. The van der Waals surface area contributed by atoms with Gasteiger partial charge in [-0.2, -0.15) is 0 Å². The van der Waals surface area contributed by atoms with Crippen LogP contribution in [0.5, 0.6) is 0 Å².